The normalized spacial score (nSPS) is 13.4. The van der Waals surface area contributed by atoms with E-state index in [4.69, 9.17) is 9.47 Å². The molecular formula is C19H20N2O4. The zero-order valence-electron chi connectivity index (χ0n) is 14.1. The number of nitro benzene ring substituents is 1. The number of hydrogen-bond acceptors (Lipinski definition) is 5. The summed E-state index contributed by atoms with van der Waals surface area (Å²) in [6.45, 7) is 2.59. The van der Waals surface area contributed by atoms with Crippen molar-refractivity contribution in [2.24, 2.45) is 0 Å². The average molecular weight is 340 g/mol. The number of para-hydroxylation sites is 1. The molecule has 0 bridgehead atoms. The molecular weight excluding hydrogens is 320 g/mol. The first-order valence-electron chi connectivity index (χ1n) is 8.10. The van der Waals surface area contributed by atoms with Crippen LogP contribution in [0.1, 0.15) is 11.1 Å². The molecule has 2 aromatic rings. The number of rotatable bonds is 6. The third-order valence-electron chi connectivity index (χ3n) is 3.91. The van der Waals surface area contributed by atoms with Crippen molar-refractivity contribution in [2.45, 2.75) is 6.54 Å². The lowest BCUT2D eigenvalue weighted by atomic mass is 10.1. The van der Waals surface area contributed by atoms with Gasteiger partial charge >= 0.3 is 0 Å². The minimum atomic E-state index is -0.363. The monoisotopic (exact) mass is 340 g/mol. The molecule has 1 aliphatic rings. The van der Waals surface area contributed by atoms with Crippen LogP contribution in [0.5, 0.6) is 11.5 Å². The number of nitro groups is 1. The molecule has 1 heterocycles. The second kappa shape index (κ2) is 7.81. The van der Waals surface area contributed by atoms with Crippen molar-refractivity contribution < 1.29 is 14.4 Å². The van der Waals surface area contributed by atoms with Gasteiger partial charge in [0.2, 0.25) is 0 Å². The van der Waals surface area contributed by atoms with E-state index in [9.17, 15) is 10.1 Å². The molecule has 6 heteroatoms. The van der Waals surface area contributed by atoms with Crippen LogP contribution in [-0.4, -0.2) is 36.6 Å². The number of likely N-dealkylation sites (N-methyl/N-ethyl adjacent to an activating group) is 1. The van der Waals surface area contributed by atoms with E-state index in [1.807, 2.05) is 31.3 Å². The Bertz CT molecular complexity index is 789. The number of hydrogen-bond donors (Lipinski definition) is 0. The maximum absolute atomic E-state index is 11.0. The first-order chi connectivity index (χ1) is 12.1. The van der Waals surface area contributed by atoms with E-state index in [1.54, 1.807) is 24.3 Å². The van der Waals surface area contributed by atoms with E-state index >= 15 is 0 Å². The third-order valence-corrected chi connectivity index (χ3v) is 3.91. The molecule has 0 spiro atoms. The van der Waals surface area contributed by atoms with Crippen molar-refractivity contribution in [3.63, 3.8) is 0 Å². The first-order valence-corrected chi connectivity index (χ1v) is 8.10. The van der Waals surface area contributed by atoms with Gasteiger partial charge in [0.1, 0.15) is 13.2 Å². The van der Waals surface area contributed by atoms with Crippen LogP contribution in [0.2, 0.25) is 0 Å². The lowest BCUT2D eigenvalue weighted by molar-refractivity contribution is -0.385. The van der Waals surface area contributed by atoms with Crippen LogP contribution in [0, 0.1) is 10.1 Å². The Kier molecular flexibility index (Phi) is 5.30. The van der Waals surface area contributed by atoms with Crippen molar-refractivity contribution in [3.8, 4) is 11.5 Å². The molecule has 6 nitrogen and oxygen atoms in total. The molecule has 1 aliphatic heterocycles. The molecule has 0 unspecified atom stereocenters. The fraction of sp³-hybridized carbons (Fsp3) is 0.263. The minimum Gasteiger partial charge on any atom is -0.486 e. The van der Waals surface area contributed by atoms with Gasteiger partial charge in [-0.1, -0.05) is 30.4 Å². The van der Waals surface area contributed by atoms with Gasteiger partial charge in [0.15, 0.2) is 11.5 Å². The topological polar surface area (TPSA) is 64.8 Å². The van der Waals surface area contributed by atoms with Gasteiger partial charge in [-0.2, -0.15) is 0 Å². The Hall–Kier alpha value is -2.86. The third kappa shape index (κ3) is 4.36. The molecule has 0 atom stereocenters. The number of ether oxygens (including phenoxy) is 2. The van der Waals surface area contributed by atoms with E-state index in [0.717, 1.165) is 23.6 Å². The highest BCUT2D eigenvalue weighted by atomic mass is 16.6. The van der Waals surface area contributed by atoms with Crippen molar-refractivity contribution in [2.75, 3.05) is 26.8 Å². The summed E-state index contributed by atoms with van der Waals surface area (Å²) < 4.78 is 11.1. The quantitative estimate of drug-likeness (QED) is 0.595. The van der Waals surface area contributed by atoms with Gasteiger partial charge in [-0.15, -0.1) is 0 Å². The van der Waals surface area contributed by atoms with Gasteiger partial charge in [-0.05, 0) is 30.8 Å². The summed E-state index contributed by atoms with van der Waals surface area (Å²) in [6, 6.07) is 12.7. The summed E-state index contributed by atoms with van der Waals surface area (Å²) in [5.74, 6) is 1.57. The minimum absolute atomic E-state index is 0.119. The van der Waals surface area contributed by atoms with E-state index in [2.05, 4.69) is 4.90 Å². The van der Waals surface area contributed by atoms with Crippen LogP contribution < -0.4 is 9.47 Å². The molecule has 130 valence electrons. The summed E-state index contributed by atoms with van der Waals surface area (Å²) in [5, 5.41) is 11.0. The molecule has 0 aliphatic carbocycles. The van der Waals surface area contributed by atoms with Crippen LogP contribution >= 0.6 is 0 Å². The van der Waals surface area contributed by atoms with Crippen LogP contribution in [0.15, 0.2) is 48.5 Å². The molecule has 0 fully saturated rings. The Balaban J connectivity index is 1.60. The van der Waals surface area contributed by atoms with Crippen LogP contribution in [0.3, 0.4) is 0 Å². The summed E-state index contributed by atoms with van der Waals surface area (Å²) in [7, 11) is 2.00. The van der Waals surface area contributed by atoms with Gasteiger partial charge in [-0.3, -0.25) is 15.0 Å². The molecule has 3 rings (SSSR count). The van der Waals surface area contributed by atoms with Crippen molar-refractivity contribution >= 4 is 11.8 Å². The second-order valence-corrected chi connectivity index (χ2v) is 5.89. The fourth-order valence-electron chi connectivity index (χ4n) is 2.72. The molecule has 25 heavy (non-hydrogen) atoms. The fourth-order valence-corrected chi connectivity index (χ4v) is 2.72. The maximum atomic E-state index is 11.0. The smallest absolute Gasteiger partial charge is 0.276 e. The Labute approximate surface area is 146 Å². The van der Waals surface area contributed by atoms with E-state index < -0.39 is 0 Å². The van der Waals surface area contributed by atoms with Crippen molar-refractivity contribution in [1.29, 1.82) is 0 Å². The van der Waals surface area contributed by atoms with Gasteiger partial charge in [0, 0.05) is 19.2 Å². The molecule has 0 amide bonds. The first kappa shape index (κ1) is 17.0. The summed E-state index contributed by atoms with van der Waals surface area (Å²) in [4.78, 5) is 12.8. The molecule has 0 aromatic heterocycles. The average Bonchev–Trinajstić information content (AvgIpc) is 2.62. The SMILES string of the molecule is CN(C/C=C/c1ccccc1[N+](=O)[O-])Cc1ccc2c(c1)OCCO2. The molecule has 2 aromatic carbocycles. The van der Waals surface area contributed by atoms with E-state index in [1.165, 1.54) is 6.07 Å². The lowest BCUT2D eigenvalue weighted by Gasteiger charge is -2.20. The lowest BCUT2D eigenvalue weighted by Crippen LogP contribution is -2.19. The van der Waals surface area contributed by atoms with Crippen LogP contribution in [0.4, 0.5) is 5.69 Å². The number of fused-ring (bicyclic) bond motifs is 1. The highest BCUT2D eigenvalue weighted by molar-refractivity contribution is 5.60. The predicted molar refractivity (Wildman–Crippen MR) is 95.9 cm³/mol. The van der Waals surface area contributed by atoms with Crippen molar-refractivity contribution in [1.82, 2.24) is 4.90 Å². The van der Waals surface area contributed by atoms with Gasteiger partial charge in [0.05, 0.1) is 10.5 Å². The maximum Gasteiger partial charge on any atom is 0.276 e. The zero-order chi connectivity index (χ0) is 17.6. The van der Waals surface area contributed by atoms with Crippen LogP contribution in [0.25, 0.3) is 6.08 Å². The zero-order valence-corrected chi connectivity index (χ0v) is 14.1. The second-order valence-electron chi connectivity index (χ2n) is 5.89. The van der Waals surface area contributed by atoms with Gasteiger partial charge < -0.3 is 9.47 Å². The van der Waals surface area contributed by atoms with Gasteiger partial charge in [0.25, 0.3) is 5.69 Å². The van der Waals surface area contributed by atoms with E-state index in [-0.39, 0.29) is 10.6 Å². The Morgan fingerprint density at radius 2 is 1.92 bits per heavy atom. The Morgan fingerprint density at radius 1 is 1.16 bits per heavy atom. The number of nitrogens with zero attached hydrogens (tertiary/aromatic N) is 2. The highest BCUT2D eigenvalue weighted by Crippen LogP contribution is 2.31. The predicted octanol–water partition coefficient (Wildman–Crippen LogP) is 3.51. The summed E-state index contributed by atoms with van der Waals surface area (Å²) in [5.41, 5.74) is 1.86. The van der Waals surface area contributed by atoms with Gasteiger partial charge in [-0.25, -0.2) is 0 Å². The standard InChI is InChI=1S/C19H20N2O4/c1-20(10-4-6-16-5-2-3-7-17(16)21(22)23)14-15-8-9-18-19(13-15)25-12-11-24-18/h2-9,13H,10-12,14H2,1H3/b6-4+. The molecule has 0 N–H and O–H groups in total. The summed E-state index contributed by atoms with van der Waals surface area (Å²) in [6.07, 6.45) is 3.72. The molecule has 0 radical (unpaired) electrons. The van der Waals surface area contributed by atoms with E-state index in [0.29, 0.717) is 25.3 Å². The molecule has 0 saturated carbocycles. The largest absolute Gasteiger partial charge is 0.486 e. The Morgan fingerprint density at radius 3 is 2.72 bits per heavy atom. The van der Waals surface area contributed by atoms with Crippen molar-refractivity contribution in [3.05, 3.63) is 69.8 Å². The van der Waals surface area contributed by atoms with Crippen LogP contribution in [-0.2, 0) is 6.54 Å². The molecule has 0 saturated heterocycles. The highest BCUT2D eigenvalue weighted by Gasteiger charge is 2.12. The number of benzene rings is 2. The summed E-state index contributed by atoms with van der Waals surface area (Å²) >= 11 is 0.